The van der Waals surface area contributed by atoms with E-state index in [1.165, 1.54) is 17.0 Å². The highest BCUT2D eigenvalue weighted by Gasteiger charge is 2.34. The summed E-state index contributed by atoms with van der Waals surface area (Å²) in [6.45, 7) is 0.933. The van der Waals surface area contributed by atoms with E-state index in [1.54, 1.807) is 13.0 Å². The lowest BCUT2D eigenvalue weighted by atomic mass is 9.95. The van der Waals surface area contributed by atoms with Crippen LogP contribution < -0.4 is 19.7 Å². The van der Waals surface area contributed by atoms with Crippen LogP contribution in [0.3, 0.4) is 0 Å². The van der Waals surface area contributed by atoms with Crippen LogP contribution in [0.1, 0.15) is 49.4 Å². The highest BCUT2D eigenvalue weighted by Crippen LogP contribution is 2.35. The number of rotatable bonds is 7. The smallest absolute Gasteiger partial charge is 0.265 e. The van der Waals surface area contributed by atoms with Gasteiger partial charge in [0.15, 0.2) is 30.6 Å². The maximum Gasteiger partial charge on any atom is 0.265 e. The van der Waals surface area contributed by atoms with E-state index < -0.39 is 36.0 Å². The molecule has 1 aliphatic carbocycles. The molecule has 34 heavy (non-hydrogen) atoms. The molecule has 0 bridgehead atoms. The van der Waals surface area contributed by atoms with Crippen LogP contribution in [0.2, 0.25) is 0 Å². The fourth-order valence-electron chi connectivity index (χ4n) is 4.27. The molecule has 180 valence electrons. The van der Waals surface area contributed by atoms with E-state index in [0.29, 0.717) is 17.5 Å². The molecule has 1 N–H and O–H groups in total. The zero-order valence-electron chi connectivity index (χ0n) is 18.8. The van der Waals surface area contributed by atoms with E-state index in [2.05, 4.69) is 5.32 Å². The Labute approximate surface area is 196 Å². The standard InChI is InChI=1S/C25H26F2N2O5/c1-15(25(32)28-18-5-3-2-4-6-18)29-20-11-16(7-9-23(20)34-14-24(29)31)21(30)13-33-22-10-8-17(26)12-19(22)27/h7-12,15,18H,2-6,13-14H2,1H3,(H,28,32). The first-order valence-electron chi connectivity index (χ1n) is 11.3. The first-order chi connectivity index (χ1) is 16.3. The van der Waals surface area contributed by atoms with E-state index in [4.69, 9.17) is 9.47 Å². The van der Waals surface area contributed by atoms with Crippen molar-refractivity contribution in [2.24, 2.45) is 0 Å². The summed E-state index contributed by atoms with van der Waals surface area (Å²) in [5, 5.41) is 3.03. The van der Waals surface area contributed by atoms with E-state index in [1.807, 2.05) is 0 Å². The summed E-state index contributed by atoms with van der Waals surface area (Å²) in [6.07, 6.45) is 5.12. The summed E-state index contributed by atoms with van der Waals surface area (Å²) < 4.78 is 37.5. The van der Waals surface area contributed by atoms with Crippen molar-refractivity contribution in [1.82, 2.24) is 5.32 Å². The Morgan fingerprint density at radius 2 is 1.91 bits per heavy atom. The van der Waals surface area contributed by atoms with Crippen LogP contribution >= 0.6 is 0 Å². The minimum absolute atomic E-state index is 0.0937. The molecule has 1 fully saturated rings. The molecule has 1 unspecified atom stereocenters. The summed E-state index contributed by atoms with van der Waals surface area (Å²) in [6, 6.07) is 6.61. The Balaban J connectivity index is 1.49. The lowest BCUT2D eigenvalue weighted by Gasteiger charge is -2.34. The van der Waals surface area contributed by atoms with Gasteiger partial charge in [-0.2, -0.15) is 0 Å². The second-order valence-electron chi connectivity index (χ2n) is 8.54. The van der Waals surface area contributed by atoms with Crippen molar-refractivity contribution in [3.63, 3.8) is 0 Å². The summed E-state index contributed by atoms with van der Waals surface area (Å²) in [7, 11) is 0. The number of fused-ring (bicyclic) bond motifs is 1. The van der Waals surface area contributed by atoms with Gasteiger partial charge in [0.05, 0.1) is 5.69 Å². The van der Waals surface area contributed by atoms with E-state index in [0.717, 1.165) is 44.2 Å². The lowest BCUT2D eigenvalue weighted by molar-refractivity contribution is -0.128. The molecule has 0 spiro atoms. The highest BCUT2D eigenvalue weighted by atomic mass is 19.1. The fourth-order valence-corrected chi connectivity index (χ4v) is 4.27. The molecule has 1 heterocycles. The third-order valence-corrected chi connectivity index (χ3v) is 6.13. The predicted molar refractivity (Wildman–Crippen MR) is 120 cm³/mol. The van der Waals surface area contributed by atoms with Gasteiger partial charge in [0.1, 0.15) is 17.6 Å². The number of halogens is 2. The molecule has 2 aromatic carbocycles. The van der Waals surface area contributed by atoms with Gasteiger partial charge in [0, 0.05) is 17.7 Å². The SMILES string of the molecule is CC(C(=O)NC1CCCCC1)N1C(=O)COc2ccc(C(=O)COc3ccc(F)cc3F)cc21. The number of amides is 2. The molecule has 4 rings (SSSR count). The molecular weight excluding hydrogens is 446 g/mol. The van der Waals surface area contributed by atoms with Gasteiger partial charge in [0.25, 0.3) is 5.91 Å². The van der Waals surface area contributed by atoms with E-state index in [9.17, 15) is 23.2 Å². The van der Waals surface area contributed by atoms with Crippen LogP contribution in [0.5, 0.6) is 11.5 Å². The van der Waals surface area contributed by atoms with Crippen molar-refractivity contribution < 1.29 is 32.6 Å². The summed E-state index contributed by atoms with van der Waals surface area (Å²) in [5.41, 5.74) is 0.505. The Morgan fingerprint density at radius 1 is 1.15 bits per heavy atom. The Hall–Kier alpha value is -3.49. The molecular formula is C25H26F2N2O5. The van der Waals surface area contributed by atoms with Gasteiger partial charge in [-0.1, -0.05) is 19.3 Å². The molecule has 7 nitrogen and oxygen atoms in total. The van der Waals surface area contributed by atoms with Gasteiger partial charge < -0.3 is 14.8 Å². The number of anilines is 1. The number of carbonyl (C=O) groups is 3. The molecule has 1 aliphatic heterocycles. The quantitative estimate of drug-likeness (QED) is 0.620. The molecule has 9 heteroatoms. The molecule has 2 amide bonds. The maximum absolute atomic E-state index is 13.8. The lowest BCUT2D eigenvalue weighted by Crippen LogP contribution is -2.53. The maximum atomic E-state index is 13.8. The fraction of sp³-hybridized carbons (Fsp3) is 0.400. The molecule has 1 saturated carbocycles. The summed E-state index contributed by atoms with van der Waals surface area (Å²) in [5.74, 6) is -2.69. The molecule has 0 radical (unpaired) electrons. The van der Waals surface area contributed by atoms with Gasteiger partial charge in [-0.3, -0.25) is 19.3 Å². The minimum Gasteiger partial charge on any atom is -0.482 e. The molecule has 2 aromatic rings. The number of carbonyl (C=O) groups excluding carboxylic acids is 3. The minimum atomic E-state index is -0.916. The zero-order chi connectivity index (χ0) is 24.2. The number of nitrogens with one attached hydrogen (secondary N) is 1. The summed E-state index contributed by atoms with van der Waals surface area (Å²) >= 11 is 0. The Kier molecular flexibility index (Phi) is 7.09. The third kappa shape index (κ3) is 5.18. The second-order valence-corrected chi connectivity index (χ2v) is 8.54. The van der Waals surface area contributed by atoms with Gasteiger partial charge in [-0.25, -0.2) is 8.78 Å². The average Bonchev–Trinajstić information content (AvgIpc) is 2.83. The van der Waals surface area contributed by atoms with Crippen molar-refractivity contribution >= 4 is 23.3 Å². The van der Waals surface area contributed by atoms with Gasteiger partial charge in [0.2, 0.25) is 5.91 Å². The predicted octanol–water partition coefficient (Wildman–Crippen LogP) is 3.79. The Morgan fingerprint density at radius 3 is 2.65 bits per heavy atom. The first kappa shape index (κ1) is 23.7. The van der Waals surface area contributed by atoms with Crippen LogP contribution in [0.4, 0.5) is 14.5 Å². The number of Topliss-reactive ketones (excluding diaryl/α,β-unsaturated/α-hetero) is 1. The van der Waals surface area contributed by atoms with Crippen molar-refractivity contribution in [1.29, 1.82) is 0 Å². The highest BCUT2D eigenvalue weighted by molar-refractivity contribution is 6.05. The van der Waals surface area contributed by atoms with Crippen molar-refractivity contribution in [2.75, 3.05) is 18.1 Å². The summed E-state index contributed by atoms with van der Waals surface area (Å²) in [4.78, 5) is 39.6. The monoisotopic (exact) mass is 472 g/mol. The molecule has 1 atom stereocenters. The van der Waals surface area contributed by atoms with Crippen molar-refractivity contribution in [3.8, 4) is 11.5 Å². The Bertz CT molecular complexity index is 1100. The molecule has 2 aliphatic rings. The number of ketones is 1. The average molecular weight is 472 g/mol. The third-order valence-electron chi connectivity index (χ3n) is 6.13. The van der Waals surface area contributed by atoms with Crippen LogP contribution in [-0.2, 0) is 9.59 Å². The first-order valence-corrected chi connectivity index (χ1v) is 11.3. The van der Waals surface area contributed by atoms with Crippen molar-refractivity contribution in [2.45, 2.75) is 51.1 Å². The molecule has 0 saturated heterocycles. The molecule has 0 aromatic heterocycles. The van der Waals surface area contributed by atoms with Gasteiger partial charge >= 0.3 is 0 Å². The number of benzene rings is 2. The van der Waals surface area contributed by atoms with Gasteiger partial charge in [-0.05, 0) is 50.1 Å². The van der Waals surface area contributed by atoms with Crippen LogP contribution in [-0.4, -0.2) is 42.9 Å². The van der Waals surface area contributed by atoms with E-state index in [-0.39, 0.29) is 29.9 Å². The van der Waals surface area contributed by atoms with Crippen LogP contribution in [0.15, 0.2) is 36.4 Å². The topological polar surface area (TPSA) is 84.9 Å². The van der Waals surface area contributed by atoms with Crippen LogP contribution in [0.25, 0.3) is 0 Å². The number of hydrogen-bond acceptors (Lipinski definition) is 5. The second kappa shape index (κ2) is 10.2. The largest absolute Gasteiger partial charge is 0.482 e. The number of nitrogens with zero attached hydrogens (tertiary/aromatic N) is 1. The van der Waals surface area contributed by atoms with Crippen molar-refractivity contribution in [3.05, 3.63) is 53.6 Å². The normalized spacial score (nSPS) is 16.9. The van der Waals surface area contributed by atoms with E-state index >= 15 is 0 Å². The zero-order valence-corrected chi connectivity index (χ0v) is 18.8. The number of ether oxygens (including phenoxy) is 2. The number of hydrogen-bond donors (Lipinski definition) is 1. The van der Waals surface area contributed by atoms with Crippen LogP contribution in [0, 0.1) is 11.6 Å². The van der Waals surface area contributed by atoms with Gasteiger partial charge in [-0.15, -0.1) is 0 Å².